The lowest BCUT2D eigenvalue weighted by Crippen LogP contribution is -1.92. The van der Waals surface area contributed by atoms with E-state index < -0.39 is 0 Å². The monoisotopic (exact) mass is 620 g/mol. The van der Waals surface area contributed by atoms with Gasteiger partial charge >= 0.3 is 0 Å². The molecule has 0 spiro atoms. The van der Waals surface area contributed by atoms with Crippen LogP contribution in [0, 0.1) is 0 Å². The van der Waals surface area contributed by atoms with Gasteiger partial charge in [0.05, 0.1) is 0 Å². The maximum absolute atomic E-state index is 6.78. The summed E-state index contributed by atoms with van der Waals surface area (Å²) in [7, 11) is 0. The molecule has 0 aliphatic rings. The van der Waals surface area contributed by atoms with Gasteiger partial charge in [0.2, 0.25) is 0 Å². The Morgan fingerprint density at radius 1 is 0.265 bits per heavy atom. The second-order valence-electron chi connectivity index (χ2n) is 13.1. The molecule has 11 rings (SSSR count). The van der Waals surface area contributed by atoms with E-state index in [1.807, 2.05) is 0 Å². The number of para-hydroxylation sites is 1. The Bertz CT molecular complexity index is 3070. The summed E-state index contributed by atoms with van der Waals surface area (Å²) in [6.07, 6.45) is 0. The molecule has 49 heavy (non-hydrogen) atoms. The van der Waals surface area contributed by atoms with Crippen LogP contribution >= 0.6 is 0 Å². The van der Waals surface area contributed by atoms with Crippen LogP contribution < -0.4 is 0 Å². The Kier molecular flexibility index (Phi) is 5.45. The molecule has 0 aliphatic heterocycles. The molecule has 0 atom stereocenters. The van der Waals surface area contributed by atoms with Crippen LogP contribution in [0.5, 0.6) is 0 Å². The highest BCUT2D eigenvalue weighted by molar-refractivity contribution is 6.30. The standard InChI is InChI=1S/C48H28O/c1-2-14-31-29(13-1)27-43-37-19-11-12-24-44(37)49-48(43)47(31)46-40-22-9-7-20-38(40)45(39-21-8-10-23-41(39)46)30-25-26-36-34-17-4-3-15-32(34)33-16-5-6-18-35(33)42(36)28-30/h1-28H. The van der Waals surface area contributed by atoms with Crippen LogP contribution in [-0.2, 0) is 0 Å². The molecule has 0 N–H and O–H groups in total. The number of fused-ring (bicyclic) bond motifs is 12. The molecule has 226 valence electrons. The molecule has 1 nitrogen and oxygen atoms in total. The van der Waals surface area contributed by atoms with Gasteiger partial charge in [0.25, 0.3) is 0 Å². The number of benzene rings is 10. The first kappa shape index (κ1) is 26.6. The van der Waals surface area contributed by atoms with Gasteiger partial charge in [-0.1, -0.05) is 152 Å². The fourth-order valence-corrected chi connectivity index (χ4v) is 8.54. The first-order chi connectivity index (χ1) is 24.3. The molecule has 0 saturated carbocycles. The quantitative estimate of drug-likeness (QED) is 0.138. The van der Waals surface area contributed by atoms with Gasteiger partial charge in [0.15, 0.2) is 0 Å². The van der Waals surface area contributed by atoms with Crippen molar-refractivity contribution < 1.29 is 4.42 Å². The molecule has 0 saturated heterocycles. The summed E-state index contributed by atoms with van der Waals surface area (Å²) in [4.78, 5) is 0. The molecule has 1 heteroatoms. The summed E-state index contributed by atoms with van der Waals surface area (Å²) < 4.78 is 6.78. The average molecular weight is 621 g/mol. The minimum Gasteiger partial charge on any atom is -0.455 e. The maximum Gasteiger partial charge on any atom is 0.143 e. The molecule has 0 bridgehead atoms. The van der Waals surface area contributed by atoms with Crippen LogP contribution in [0.4, 0.5) is 0 Å². The Morgan fingerprint density at radius 3 is 1.33 bits per heavy atom. The highest BCUT2D eigenvalue weighted by atomic mass is 16.3. The first-order valence-corrected chi connectivity index (χ1v) is 16.9. The van der Waals surface area contributed by atoms with E-state index in [0.29, 0.717) is 0 Å². The number of hydrogen-bond donors (Lipinski definition) is 0. The van der Waals surface area contributed by atoms with Crippen molar-refractivity contribution in [2.45, 2.75) is 0 Å². The number of rotatable bonds is 2. The molecule has 0 unspecified atom stereocenters. The van der Waals surface area contributed by atoms with Crippen molar-refractivity contribution in [3.63, 3.8) is 0 Å². The predicted molar refractivity (Wildman–Crippen MR) is 210 cm³/mol. The van der Waals surface area contributed by atoms with Crippen LogP contribution in [0.3, 0.4) is 0 Å². The molecule has 0 radical (unpaired) electrons. The fraction of sp³-hybridized carbons (Fsp3) is 0. The fourth-order valence-electron chi connectivity index (χ4n) is 8.54. The van der Waals surface area contributed by atoms with Gasteiger partial charge in [-0.15, -0.1) is 0 Å². The summed E-state index contributed by atoms with van der Waals surface area (Å²) in [6.45, 7) is 0. The van der Waals surface area contributed by atoms with Gasteiger partial charge in [-0.2, -0.15) is 0 Å². The van der Waals surface area contributed by atoms with E-state index in [4.69, 9.17) is 4.42 Å². The maximum atomic E-state index is 6.78. The van der Waals surface area contributed by atoms with Crippen molar-refractivity contribution in [2.24, 2.45) is 0 Å². The summed E-state index contributed by atoms with van der Waals surface area (Å²) in [6, 6.07) is 62.0. The summed E-state index contributed by atoms with van der Waals surface area (Å²) in [5, 5.41) is 17.3. The Morgan fingerprint density at radius 2 is 0.714 bits per heavy atom. The summed E-state index contributed by atoms with van der Waals surface area (Å²) in [5.74, 6) is 0. The highest BCUT2D eigenvalue weighted by Gasteiger charge is 2.23. The average Bonchev–Trinajstić information content (AvgIpc) is 3.54. The van der Waals surface area contributed by atoms with E-state index in [2.05, 4.69) is 170 Å². The number of hydrogen-bond acceptors (Lipinski definition) is 1. The van der Waals surface area contributed by atoms with Gasteiger partial charge in [0.1, 0.15) is 11.2 Å². The Labute approximate surface area is 282 Å². The topological polar surface area (TPSA) is 13.1 Å². The molecule has 10 aromatic carbocycles. The SMILES string of the molecule is c1ccc2c(-c3c4ccccc4c(-c4ccc5c6ccccc6c6ccccc6c5c4)c4ccccc34)c3oc4ccccc4c3cc2c1. The predicted octanol–water partition coefficient (Wildman–Crippen LogP) is 13.8. The zero-order valence-corrected chi connectivity index (χ0v) is 26.6. The van der Waals surface area contributed by atoms with Crippen molar-refractivity contribution in [2.75, 3.05) is 0 Å². The van der Waals surface area contributed by atoms with Gasteiger partial charge in [-0.25, -0.2) is 0 Å². The second kappa shape index (κ2) is 10.0. The third kappa shape index (κ3) is 3.70. The summed E-state index contributed by atoms with van der Waals surface area (Å²) >= 11 is 0. The minimum absolute atomic E-state index is 0.912. The molecular weight excluding hydrogens is 593 g/mol. The molecule has 0 aliphatic carbocycles. The zero-order valence-electron chi connectivity index (χ0n) is 26.6. The van der Waals surface area contributed by atoms with E-state index in [-0.39, 0.29) is 0 Å². The van der Waals surface area contributed by atoms with Crippen LogP contribution in [0.25, 0.3) is 109 Å². The zero-order chi connectivity index (χ0) is 32.1. The van der Waals surface area contributed by atoms with Crippen molar-refractivity contribution in [3.05, 3.63) is 170 Å². The molecule has 1 aromatic heterocycles. The molecule has 11 aromatic rings. The third-order valence-corrected chi connectivity index (χ3v) is 10.6. The lowest BCUT2D eigenvalue weighted by Gasteiger charge is -2.19. The normalized spacial score (nSPS) is 12.1. The first-order valence-electron chi connectivity index (χ1n) is 16.9. The Balaban J connectivity index is 1.30. The van der Waals surface area contributed by atoms with Crippen LogP contribution in [0.15, 0.2) is 174 Å². The largest absolute Gasteiger partial charge is 0.455 e. The van der Waals surface area contributed by atoms with Crippen LogP contribution in [-0.4, -0.2) is 0 Å². The van der Waals surface area contributed by atoms with Crippen molar-refractivity contribution in [1.82, 2.24) is 0 Å². The van der Waals surface area contributed by atoms with Crippen molar-refractivity contribution in [3.8, 4) is 22.3 Å². The smallest absolute Gasteiger partial charge is 0.143 e. The summed E-state index contributed by atoms with van der Waals surface area (Å²) in [5.41, 5.74) is 6.70. The van der Waals surface area contributed by atoms with Crippen LogP contribution in [0.1, 0.15) is 0 Å². The highest BCUT2D eigenvalue weighted by Crippen LogP contribution is 2.49. The van der Waals surface area contributed by atoms with E-state index in [0.717, 1.165) is 27.5 Å². The lowest BCUT2D eigenvalue weighted by molar-refractivity contribution is 0.670. The van der Waals surface area contributed by atoms with E-state index >= 15 is 0 Å². The van der Waals surface area contributed by atoms with Gasteiger partial charge in [-0.3, -0.25) is 0 Å². The molecule has 0 fully saturated rings. The Hall–Kier alpha value is -6.44. The lowest BCUT2D eigenvalue weighted by atomic mass is 9.83. The van der Waals surface area contributed by atoms with Gasteiger partial charge < -0.3 is 4.42 Å². The van der Waals surface area contributed by atoms with Crippen LogP contribution in [0.2, 0.25) is 0 Å². The molecule has 1 heterocycles. The van der Waals surface area contributed by atoms with Gasteiger partial charge in [0, 0.05) is 21.9 Å². The van der Waals surface area contributed by atoms with Crippen molar-refractivity contribution >= 4 is 86.6 Å². The van der Waals surface area contributed by atoms with E-state index in [9.17, 15) is 0 Å². The van der Waals surface area contributed by atoms with Gasteiger partial charge in [-0.05, 0) is 94.0 Å². The number of furan rings is 1. The third-order valence-electron chi connectivity index (χ3n) is 10.6. The minimum atomic E-state index is 0.912. The van der Waals surface area contributed by atoms with Crippen molar-refractivity contribution in [1.29, 1.82) is 0 Å². The molecular formula is C48H28O. The van der Waals surface area contributed by atoms with E-state index in [1.165, 1.54) is 81.3 Å². The molecule has 0 amide bonds. The van der Waals surface area contributed by atoms with E-state index in [1.54, 1.807) is 0 Å². The second-order valence-corrected chi connectivity index (χ2v) is 13.1.